The highest BCUT2D eigenvalue weighted by molar-refractivity contribution is 5.87. The largest absolute Gasteiger partial charge is 0.396 e. The Bertz CT molecular complexity index is 502. The number of likely N-dealkylation sites (tertiary alicyclic amines) is 1. The molecule has 0 aromatic heterocycles. The number of amides is 1. The third-order valence-corrected chi connectivity index (χ3v) is 7.42. The Morgan fingerprint density at radius 3 is 2.48 bits per heavy atom. The maximum atomic E-state index is 12.5. The molecule has 0 radical (unpaired) electrons. The molecule has 0 aromatic rings. The summed E-state index contributed by atoms with van der Waals surface area (Å²) in [6.07, 6.45) is 13.2. The van der Waals surface area contributed by atoms with Crippen molar-refractivity contribution < 1.29 is 15.0 Å². The maximum Gasteiger partial charge on any atom is 0.246 e. The van der Waals surface area contributed by atoms with Crippen molar-refractivity contribution in [2.75, 3.05) is 26.2 Å². The zero-order chi connectivity index (χ0) is 19.2. The number of allylic oxidation sites excluding steroid dienone is 1. The number of aliphatic hydroxyl groups excluding tert-OH is 2. The van der Waals surface area contributed by atoms with Crippen molar-refractivity contribution in [2.24, 2.45) is 35.3 Å². The Kier molecular flexibility index (Phi) is 7.74. The van der Waals surface area contributed by atoms with E-state index in [4.69, 9.17) is 5.73 Å². The molecule has 3 rings (SSSR count). The van der Waals surface area contributed by atoms with Crippen molar-refractivity contribution >= 4 is 5.91 Å². The Hall–Kier alpha value is -0.910. The number of hydrogen-bond acceptors (Lipinski definition) is 4. The van der Waals surface area contributed by atoms with Crippen LogP contribution in [0.2, 0.25) is 0 Å². The molecule has 5 nitrogen and oxygen atoms in total. The highest BCUT2D eigenvalue weighted by atomic mass is 16.3. The lowest BCUT2D eigenvalue weighted by atomic mass is 9.72. The van der Waals surface area contributed by atoms with Crippen LogP contribution in [0.4, 0.5) is 0 Å². The summed E-state index contributed by atoms with van der Waals surface area (Å²) in [5.74, 6) is 2.65. The Morgan fingerprint density at radius 1 is 1.04 bits per heavy atom. The highest BCUT2D eigenvalue weighted by Crippen LogP contribution is 2.38. The van der Waals surface area contributed by atoms with E-state index in [0.717, 1.165) is 57.2 Å². The van der Waals surface area contributed by atoms with Gasteiger partial charge < -0.3 is 20.8 Å². The van der Waals surface area contributed by atoms with Gasteiger partial charge in [-0.3, -0.25) is 4.79 Å². The van der Waals surface area contributed by atoms with Gasteiger partial charge in [-0.2, -0.15) is 0 Å². The van der Waals surface area contributed by atoms with Crippen LogP contribution in [0.15, 0.2) is 12.2 Å². The Morgan fingerprint density at radius 2 is 1.81 bits per heavy atom. The Balaban J connectivity index is 1.42. The smallest absolute Gasteiger partial charge is 0.246 e. The number of nitrogens with two attached hydrogens (primary N) is 1. The van der Waals surface area contributed by atoms with Gasteiger partial charge >= 0.3 is 0 Å². The van der Waals surface area contributed by atoms with Gasteiger partial charge in [0, 0.05) is 25.6 Å². The van der Waals surface area contributed by atoms with Gasteiger partial charge in [-0.05, 0) is 81.2 Å². The van der Waals surface area contributed by atoms with Crippen molar-refractivity contribution in [2.45, 2.75) is 63.9 Å². The lowest BCUT2D eigenvalue weighted by molar-refractivity contribution is -0.127. The quantitative estimate of drug-likeness (QED) is 0.641. The van der Waals surface area contributed by atoms with Crippen LogP contribution in [0.5, 0.6) is 0 Å². The van der Waals surface area contributed by atoms with Crippen LogP contribution in [0.25, 0.3) is 0 Å². The molecular formula is C22H38N2O3. The van der Waals surface area contributed by atoms with Gasteiger partial charge in [0.2, 0.25) is 5.91 Å². The second kappa shape index (κ2) is 10.0. The van der Waals surface area contributed by atoms with E-state index in [-0.39, 0.29) is 24.3 Å². The molecular weight excluding hydrogens is 340 g/mol. The minimum absolute atomic E-state index is 0.00281. The third kappa shape index (κ3) is 5.55. The van der Waals surface area contributed by atoms with E-state index in [2.05, 4.69) is 0 Å². The second-order valence-electron chi connectivity index (χ2n) is 9.13. The average molecular weight is 379 g/mol. The number of piperidine rings is 1. The normalized spacial score (nSPS) is 36.3. The summed E-state index contributed by atoms with van der Waals surface area (Å²) < 4.78 is 0. The van der Waals surface area contributed by atoms with E-state index >= 15 is 0 Å². The molecule has 2 saturated carbocycles. The lowest BCUT2D eigenvalue weighted by Gasteiger charge is -2.39. The number of carbonyl (C=O) groups is 1. The fraction of sp³-hybridized carbons (Fsp3) is 0.864. The van der Waals surface area contributed by atoms with Crippen LogP contribution in [0.1, 0.15) is 57.8 Å². The van der Waals surface area contributed by atoms with E-state index in [0.29, 0.717) is 12.3 Å². The molecule has 5 atom stereocenters. The molecule has 1 heterocycles. The molecule has 3 aliphatic rings. The Labute approximate surface area is 164 Å². The molecule has 2 aliphatic carbocycles. The first kappa shape index (κ1) is 20.8. The van der Waals surface area contributed by atoms with E-state index < -0.39 is 6.10 Å². The number of hydrogen-bond donors (Lipinski definition) is 3. The number of nitrogens with zero attached hydrogens (tertiary/aromatic N) is 1. The first-order valence-corrected chi connectivity index (χ1v) is 11.1. The number of carbonyl (C=O) groups excluding carboxylic acids is 1. The lowest BCUT2D eigenvalue weighted by Crippen LogP contribution is -2.40. The second-order valence-corrected chi connectivity index (χ2v) is 9.13. The summed E-state index contributed by atoms with van der Waals surface area (Å²) in [6, 6.07) is 0. The van der Waals surface area contributed by atoms with E-state index in [1.165, 1.54) is 25.7 Å². The number of aliphatic hydroxyl groups is 2. The molecule has 27 heavy (non-hydrogen) atoms. The van der Waals surface area contributed by atoms with E-state index in [1.54, 1.807) is 6.08 Å². The van der Waals surface area contributed by atoms with Gasteiger partial charge in [0.1, 0.15) is 0 Å². The molecule has 0 bridgehead atoms. The molecule has 154 valence electrons. The predicted octanol–water partition coefficient (Wildman–Crippen LogP) is 2.32. The van der Waals surface area contributed by atoms with Gasteiger partial charge in [-0.25, -0.2) is 0 Å². The van der Waals surface area contributed by atoms with Gasteiger partial charge in [0.05, 0.1) is 6.10 Å². The van der Waals surface area contributed by atoms with Crippen LogP contribution in [-0.4, -0.2) is 53.4 Å². The highest BCUT2D eigenvalue weighted by Gasteiger charge is 2.31. The van der Waals surface area contributed by atoms with Crippen molar-refractivity contribution in [3.05, 3.63) is 12.2 Å². The van der Waals surface area contributed by atoms with Crippen LogP contribution < -0.4 is 5.73 Å². The molecule has 4 N–H and O–H groups in total. The summed E-state index contributed by atoms with van der Waals surface area (Å²) in [7, 11) is 0. The predicted molar refractivity (Wildman–Crippen MR) is 107 cm³/mol. The molecule has 0 spiro atoms. The van der Waals surface area contributed by atoms with Crippen molar-refractivity contribution in [1.82, 2.24) is 4.90 Å². The zero-order valence-electron chi connectivity index (χ0n) is 16.6. The summed E-state index contributed by atoms with van der Waals surface area (Å²) in [5.41, 5.74) is 5.89. The van der Waals surface area contributed by atoms with Crippen LogP contribution in [-0.2, 0) is 4.79 Å². The maximum absolute atomic E-state index is 12.5. The van der Waals surface area contributed by atoms with Crippen LogP contribution in [0, 0.1) is 29.6 Å². The first-order chi connectivity index (χ1) is 13.1. The summed E-state index contributed by atoms with van der Waals surface area (Å²) in [6.45, 7) is 2.63. The van der Waals surface area contributed by atoms with Crippen molar-refractivity contribution in [3.8, 4) is 0 Å². The molecule has 1 amide bonds. The summed E-state index contributed by atoms with van der Waals surface area (Å²) in [4.78, 5) is 14.5. The molecule has 5 heteroatoms. The molecule has 1 saturated heterocycles. The van der Waals surface area contributed by atoms with Crippen LogP contribution >= 0.6 is 0 Å². The van der Waals surface area contributed by atoms with Gasteiger partial charge in [0.15, 0.2) is 0 Å². The first-order valence-electron chi connectivity index (χ1n) is 11.1. The van der Waals surface area contributed by atoms with Crippen LogP contribution in [0.3, 0.4) is 0 Å². The third-order valence-electron chi connectivity index (χ3n) is 7.42. The fourth-order valence-corrected chi connectivity index (χ4v) is 5.52. The number of rotatable bonds is 5. The van der Waals surface area contributed by atoms with Gasteiger partial charge in [-0.1, -0.05) is 18.9 Å². The fourth-order valence-electron chi connectivity index (χ4n) is 5.52. The molecule has 1 aliphatic heterocycles. The minimum atomic E-state index is -0.447. The van der Waals surface area contributed by atoms with E-state index in [9.17, 15) is 15.0 Å². The average Bonchev–Trinajstić information content (AvgIpc) is 2.72. The van der Waals surface area contributed by atoms with E-state index in [1.807, 2.05) is 11.0 Å². The topological polar surface area (TPSA) is 86.8 Å². The summed E-state index contributed by atoms with van der Waals surface area (Å²) in [5, 5.41) is 19.3. The molecule has 3 fully saturated rings. The molecule has 0 aromatic carbocycles. The van der Waals surface area contributed by atoms with Crippen molar-refractivity contribution in [1.29, 1.82) is 0 Å². The minimum Gasteiger partial charge on any atom is -0.396 e. The molecule has 5 unspecified atom stereocenters. The van der Waals surface area contributed by atoms with Gasteiger partial charge in [-0.15, -0.1) is 0 Å². The standard InChI is InChI=1S/C22H38N2O3/c23-14-17-2-1-3-19(12-17)18-8-10-24(11-9-18)22(27)7-5-16-4-6-20(15-25)21(26)13-16/h5,7,16-21,25-26H,1-4,6,8-15,23H2/b7-5+. The van der Waals surface area contributed by atoms with Gasteiger partial charge in [0.25, 0.3) is 0 Å². The van der Waals surface area contributed by atoms with Crippen molar-refractivity contribution in [3.63, 3.8) is 0 Å². The summed E-state index contributed by atoms with van der Waals surface area (Å²) >= 11 is 0. The monoisotopic (exact) mass is 378 g/mol. The SMILES string of the molecule is NCC1CCCC(C2CCN(C(=O)/C=C/C3CCC(CO)C(O)C3)CC2)C1. The zero-order valence-corrected chi connectivity index (χ0v) is 16.6.